The van der Waals surface area contributed by atoms with E-state index in [1.54, 1.807) is 25.2 Å². The van der Waals surface area contributed by atoms with Crippen LogP contribution in [0.25, 0.3) is 0 Å². The number of nitrogens with one attached hydrogen (secondary N) is 1. The summed E-state index contributed by atoms with van der Waals surface area (Å²) < 4.78 is 1.83. The van der Waals surface area contributed by atoms with E-state index in [-0.39, 0.29) is 36.6 Å². The van der Waals surface area contributed by atoms with Gasteiger partial charge in [-0.05, 0) is 32.9 Å². The molecule has 1 fully saturated rings. The van der Waals surface area contributed by atoms with Gasteiger partial charge in [0, 0.05) is 18.7 Å². The fourth-order valence-electron chi connectivity index (χ4n) is 3.27. The van der Waals surface area contributed by atoms with Crippen LogP contribution in [0.3, 0.4) is 0 Å². The zero-order chi connectivity index (χ0) is 18.7. The van der Waals surface area contributed by atoms with Crippen molar-refractivity contribution in [2.75, 3.05) is 20.1 Å². The Morgan fingerprint density at radius 1 is 1.37 bits per heavy atom. The van der Waals surface area contributed by atoms with Crippen molar-refractivity contribution in [3.05, 3.63) is 51.3 Å². The number of rotatable bonds is 5. The number of benzene rings is 1. The number of hydrogen-bond acceptors (Lipinski definition) is 6. The normalized spacial score (nSPS) is 14.4. The van der Waals surface area contributed by atoms with Gasteiger partial charge in [-0.1, -0.05) is 23.4 Å². The van der Waals surface area contributed by atoms with Crippen molar-refractivity contribution >= 4 is 24.0 Å². The molecule has 0 radical (unpaired) electrons. The van der Waals surface area contributed by atoms with Crippen molar-refractivity contribution in [1.29, 1.82) is 0 Å². The maximum atomic E-state index is 12.8. The van der Waals surface area contributed by atoms with Crippen LogP contribution < -0.4 is 5.32 Å². The number of para-hydroxylation sites is 1. The zero-order valence-electron chi connectivity index (χ0n) is 15.3. The van der Waals surface area contributed by atoms with Crippen molar-refractivity contribution in [3.8, 4) is 0 Å². The van der Waals surface area contributed by atoms with E-state index in [1.165, 1.54) is 11.0 Å². The molecule has 10 heteroatoms. The van der Waals surface area contributed by atoms with Gasteiger partial charge in [0.15, 0.2) is 5.69 Å². The topological polar surface area (TPSA) is 106 Å². The smallest absolute Gasteiger partial charge is 0.276 e. The highest BCUT2D eigenvalue weighted by Crippen LogP contribution is 2.22. The molecule has 2 heterocycles. The number of carbonyl (C=O) groups is 1. The molecule has 0 bridgehead atoms. The zero-order valence-corrected chi connectivity index (χ0v) is 16.1. The third-order valence-electron chi connectivity index (χ3n) is 4.73. The van der Waals surface area contributed by atoms with E-state index in [0.29, 0.717) is 11.3 Å². The van der Waals surface area contributed by atoms with Crippen molar-refractivity contribution in [2.45, 2.75) is 32.4 Å². The summed E-state index contributed by atoms with van der Waals surface area (Å²) in [5.74, 6) is -0.291. The highest BCUT2D eigenvalue weighted by Gasteiger charge is 2.25. The monoisotopic (exact) mass is 394 g/mol. The third-order valence-corrected chi connectivity index (χ3v) is 4.73. The molecule has 0 atom stereocenters. The molecule has 0 aliphatic carbocycles. The molecule has 1 amide bonds. The highest BCUT2D eigenvalue weighted by atomic mass is 35.5. The van der Waals surface area contributed by atoms with Crippen LogP contribution in [0, 0.1) is 17.0 Å². The van der Waals surface area contributed by atoms with Crippen LogP contribution in [0.1, 0.15) is 40.6 Å². The van der Waals surface area contributed by atoms with Gasteiger partial charge in [0.1, 0.15) is 0 Å². The summed E-state index contributed by atoms with van der Waals surface area (Å²) in [7, 11) is 1.61. The van der Waals surface area contributed by atoms with E-state index < -0.39 is 4.92 Å². The summed E-state index contributed by atoms with van der Waals surface area (Å²) in [6, 6.07) is 6.66. The predicted molar refractivity (Wildman–Crippen MR) is 102 cm³/mol. The molecule has 1 aromatic heterocycles. The summed E-state index contributed by atoms with van der Waals surface area (Å²) >= 11 is 0. The van der Waals surface area contributed by atoms with Crippen LogP contribution in [0.15, 0.2) is 24.3 Å². The molecule has 1 aliphatic rings. The number of carbonyl (C=O) groups excluding carboxylic acids is 1. The van der Waals surface area contributed by atoms with Crippen LogP contribution in [-0.2, 0) is 6.54 Å². The molecule has 0 unspecified atom stereocenters. The Balaban J connectivity index is 0.00000261. The fraction of sp³-hybridized carbons (Fsp3) is 0.471. The maximum Gasteiger partial charge on any atom is 0.276 e. The van der Waals surface area contributed by atoms with Gasteiger partial charge in [-0.3, -0.25) is 14.9 Å². The molecule has 0 spiro atoms. The van der Waals surface area contributed by atoms with Crippen molar-refractivity contribution in [2.24, 2.45) is 0 Å². The van der Waals surface area contributed by atoms with Gasteiger partial charge in [0.25, 0.3) is 11.6 Å². The Morgan fingerprint density at radius 3 is 2.70 bits per heavy atom. The third kappa shape index (κ3) is 4.42. The fourth-order valence-corrected chi connectivity index (χ4v) is 3.27. The lowest BCUT2D eigenvalue weighted by Crippen LogP contribution is -2.31. The molecule has 1 N–H and O–H groups in total. The van der Waals surface area contributed by atoms with Crippen molar-refractivity contribution in [1.82, 2.24) is 25.2 Å². The molecule has 27 heavy (non-hydrogen) atoms. The van der Waals surface area contributed by atoms with Gasteiger partial charge >= 0.3 is 0 Å². The minimum Gasteiger partial charge on any atom is -0.336 e. The Hall–Kier alpha value is -2.52. The molecule has 0 saturated carbocycles. The van der Waals surface area contributed by atoms with Gasteiger partial charge in [-0.15, -0.1) is 17.5 Å². The largest absolute Gasteiger partial charge is 0.336 e. The molecule has 3 rings (SSSR count). The second-order valence-electron chi connectivity index (χ2n) is 6.50. The SMILES string of the molecule is Cc1c(C(=O)N(C)Cc2ccccc2[N+](=O)[O-])nnn1C1CCNCC1.Cl. The number of nitro groups is 1. The molecule has 146 valence electrons. The molecular formula is C17H23ClN6O3. The Labute approximate surface area is 163 Å². The van der Waals surface area contributed by atoms with Crippen molar-refractivity contribution in [3.63, 3.8) is 0 Å². The number of aromatic nitrogens is 3. The number of nitro benzene ring substituents is 1. The van der Waals surface area contributed by atoms with E-state index in [4.69, 9.17) is 0 Å². The molecule has 1 saturated heterocycles. The minimum absolute atomic E-state index is 0. The Morgan fingerprint density at radius 2 is 2.04 bits per heavy atom. The van der Waals surface area contributed by atoms with Crippen LogP contribution in [0.4, 0.5) is 5.69 Å². The standard InChI is InChI=1S/C17H22N6O3.ClH/c1-12-16(19-20-22(12)14-7-9-18-10-8-14)17(24)21(2)11-13-5-3-4-6-15(13)23(25)26;/h3-6,14,18H,7-11H2,1-2H3;1H. The van der Waals surface area contributed by atoms with E-state index in [2.05, 4.69) is 15.6 Å². The van der Waals surface area contributed by atoms with E-state index in [9.17, 15) is 14.9 Å². The lowest BCUT2D eigenvalue weighted by atomic mass is 10.1. The van der Waals surface area contributed by atoms with Gasteiger partial charge in [-0.25, -0.2) is 4.68 Å². The first-order valence-corrected chi connectivity index (χ1v) is 8.59. The second kappa shape index (κ2) is 8.92. The summed E-state index contributed by atoms with van der Waals surface area (Å²) in [4.78, 5) is 24.9. The average Bonchev–Trinajstić information content (AvgIpc) is 3.03. The molecule has 2 aromatic rings. The molecule has 1 aromatic carbocycles. The molecular weight excluding hydrogens is 372 g/mol. The quantitative estimate of drug-likeness (QED) is 0.615. The summed E-state index contributed by atoms with van der Waals surface area (Å²) in [5.41, 5.74) is 1.51. The Kier molecular flexibility index (Phi) is 6.86. The summed E-state index contributed by atoms with van der Waals surface area (Å²) in [6.45, 7) is 3.82. The first kappa shape index (κ1) is 20.8. The van der Waals surface area contributed by atoms with Crippen LogP contribution in [-0.4, -0.2) is 50.9 Å². The lowest BCUT2D eigenvalue weighted by molar-refractivity contribution is -0.385. The average molecular weight is 395 g/mol. The maximum absolute atomic E-state index is 12.8. The van der Waals surface area contributed by atoms with Crippen LogP contribution in [0.5, 0.6) is 0 Å². The summed E-state index contributed by atoms with van der Waals surface area (Å²) in [6.07, 6.45) is 1.90. The number of amides is 1. The number of nitrogens with zero attached hydrogens (tertiary/aromatic N) is 5. The predicted octanol–water partition coefficient (Wildman–Crippen LogP) is 2.11. The first-order valence-electron chi connectivity index (χ1n) is 8.59. The number of piperidine rings is 1. The molecule has 1 aliphatic heterocycles. The lowest BCUT2D eigenvalue weighted by Gasteiger charge is -2.23. The second-order valence-corrected chi connectivity index (χ2v) is 6.50. The van der Waals surface area contributed by atoms with Crippen molar-refractivity contribution < 1.29 is 9.72 Å². The van der Waals surface area contributed by atoms with E-state index in [0.717, 1.165) is 31.6 Å². The highest BCUT2D eigenvalue weighted by molar-refractivity contribution is 5.93. The van der Waals surface area contributed by atoms with Gasteiger partial charge in [0.05, 0.1) is 23.2 Å². The van der Waals surface area contributed by atoms with Gasteiger partial charge in [0.2, 0.25) is 0 Å². The van der Waals surface area contributed by atoms with Gasteiger partial charge in [-0.2, -0.15) is 0 Å². The first-order chi connectivity index (χ1) is 12.5. The van der Waals surface area contributed by atoms with E-state index in [1.807, 2.05) is 11.6 Å². The minimum atomic E-state index is -0.438. The van der Waals surface area contributed by atoms with Gasteiger partial charge < -0.3 is 10.2 Å². The number of halogens is 1. The van der Waals surface area contributed by atoms with E-state index >= 15 is 0 Å². The van der Waals surface area contributed by atoms with Crippen LogP contribution in [0.2, 0.25) is 0 Å². The molecule has 9 nitrogen and oxygen atoms in total. The Bertz CT molecular complexity index is 819. The van der Waals surface area contributed by atoms with Crippen LogP contribution >= 0.6 is 12.4 Å². The number of hydrogen-bond donors (Lipinski definition) is 1. The summed E-state index contributed by atoms with van der Waals surface area (Å²) in [5, 5.41) is 22.7.